The van der Waals surface area contributed by atoms with Crippen LogP contribution in [-0.4, -0.2) is 60.4 Å². The van der Waals surface area contributed by atoms with Crippen LogP contribution in [0.1, 0.15) is 38.5 Å². The fourth-order valence-electron chi connectivity index (χ4n) is 3.45. The first-order valence-electron chi connectivity index (χ1n) is 7.60. The van der Waals surface area contributed by atoms with Crippen LogP contribution in [0.15, 0.2) is 0 Å². The maximum Gasteiger partial charge on any atom is 0.224 e. The molecule has 0 aromatic carbocycles. The zero-order chi connectivity index (χ0) is 14.1. The molecule has 0 aliphatic carbocycles. The zero-order valence-corrected chi connectivity index (χ0v) is 11.8. The van der Waals surface area contributed by atoms with E-state index in [0.29, 0.717) is 26.1 Å². The van der Waals surface area contributed by atoms with Crippen molar-refractivity contribution in [2.24, 2.45) is 0 Å². The molecule has 2 unspecified atom stereocenters. The fourth-order valence-corrected chi connectivity index (χ4v) is 3.45. The molecule has 3 heterocycles. The van der Waals surface area contributed by atoms with Crippen LogP contribution >= 0.6 is 0 Å². The number of ether oxygens (including phenoxy) is 4. The molecule has 3 saturated heterocycles. The summed E-state index contributed by atoms with van der Waals surface area (Å²) in [4.78, 5) is 0. The van der Waals surface area contributed by atoms with Crippen LogP contribution in [0, 0.1) is 0 Å². The lowest BCUT2D eigenvalue weighted by atomic mass is 9.88. The van der Waals surface area contributed by atoms with Gasteiger partial charge in [0.05, 0.1) is 26.4 Å². The van der Waals surface area contributed by atoms with E-state index >= 15 is 0 Å². The quantitative estimate of drug-likeness (QED) is 0.772. The molecule has 3 aliphatic rings. The average Bonchev–Trinajstić information content (AvgIpc) is 2.52. The summed E-state index contributed by atoms with van der Waals surface area (Å²) in [7, 11) is 0. The highest BCUT2D eigenvalue weighted by Gasteiger charge is 2.63. The molecule has 20 heavy (non-hydrogen) atoms. The number of rotatable bonds is 2. The van der Waals surface area contributed by atoms with Crippen molar-refractivity contribution < 1.29 is 29.2 Å². The van der Waals surface area contributed by atoms with Crippen LogP contribution in [0.3, 0.4) is 0 Å². The minimum atomic E-state index is -0.940. The second-order valence-electron chi connectivity index (χ2n) is 5.79. The van der Waals surface area contributed by atoms with Gasteiger partial charge in [-0.05, 0) is 25.7 Å². The average molecular weight is 288 g/mol. The van der Waals surface area contributed by atoms with Crippen molar-refractivity contribution in [2.45, 2.75) is 62.3 Å². The molecule has 3 fully saturated rings. The molecule has 0 amide bonds. The first-order valence-corrected chi connectivity index (χ1v) is 7.60. The molecule has 0 bridgehead atoms. The Labute approximate surface area is 119 Å². The maximum absolute atomic E-state index is 9.48. The summed E-state index contributed by atoms with van der Waals surface area (Å²) in [5.41, 5.74) is 0. The molecule has 116 valence electrons. The highest BCUT2D eigenvalue weighted by molar-refractivity contribution is 4.98. The van der Waals surface area contributed by atoms with E-state index in [1.54, 1.807) is 0 Å². The zero-order valence-electron chi connectivity index (χ0n) is 11.8. The van der Waals surface area contributed by atoms with Crippen molar-refractivity contribution in [3.8, 4) is 0 Å². The van der Waals surface area contributed by atoms with E-state index in [0.717, 1.165) is 25.7 Å². The Morgan fingerprint density at radius 3 is 1.50 bits per heavy atom. The Morgan fingerprint density at radius 2 is 1.20 bits per heavy atom. The van der Waals surface area contributed by atoms with E-state index < -0.39 is 23.8 Å². The van der Waals surface area contributed by atoms with E-state index in [2.05, 4.69) is 0 Å². The highest BCUT2D eigenvalue weighted by atomic mass is 16.8. The van der Waals surface area contributed by atoms with Crippen molar-refractivity contribution in [3.63, 3.8) is 0 Å². The monoisotopic (exact) mass is 288 g/mol. The van der Waals surface area contributed by atoms with Crippen molar-refractivity contribution in [2.75, 3.05) is 26.4 Å². The standard InChI is InChI=1S/C14H24O6/c15-9-11-12(10-16)20-14(6-2-4-8-18-14)13(19-11)5-1-3-7-17-13/h11-12,15-16H,1-10H2/t11-,12?,13+,14?/m0/s1. The van der Waals surface area contributed by atoms with Crippen LogP contribution in [0.25, 0.3) is 0 Å². The van der Waals surface area contributed by atoms with Gasteiger partial charge < -0.3 is 29.2 Å². The Morgan fingerprint density at radius 1 is 0.750 bits per heavy atom. The van der Waals surface area contributed by atoms with Crippen LogP contribution in [0.4, 0.5) is 0 Å². The van der Waals surface area contributed by atoms with Gasteiger partial charge in [0.2, 0.25) is 11.6 Å². The molecule has 3 rings (SSSR count). The van der Waals surface area contributed by atoms with E-state index in [4.69, 9.17) is 18.9 Å². The summed E-state index contributed by atoms with van der Waals surface area (Å²) in [5, 5.41) is 19.0. The van der Waals surface area contributed by atoms with Crippen LogP contribution in [0.2, 0.25) is 0 Å². The van der Waals surface area contributed by atoms with Crippen LogP contribution in [-0.2, 0) is 18.9 Å². The second-order valence-corrected chi connectivity index (χ2v) is 5.79. The van der Waals surface area contributed by atoms with Gasteiger partial charge >= 0.3 is 0 Å². The summed E-state index contributed by atoms with van der Waals surface area (Å²) in [5.74, 6) is -1.88. The van der Waals surface area contributed by atoms with E-state index in [-0.39, 0.29) is 13.2 Å². The molecule has 4 atom stereocenters. The molecule has 3 aliphatic heterocycles. The Hall–Kier alpha value is -0.240. The molecule has 0 aromatic rings. The third-order valence-electron chi connectivity index (χ3n) is 4.51. The predicted octanol–water partition coefficient (Wildman–Crippen LogP) is 0.549. The Kier molecular flexibility index (Phi) is 4.31. The van der Waals surface area contributed by atoms with Crippen LogP contribution < -0.4 is 0 Å². The Bertz CT molecular complexity index is 290. The minimum Gasteiger partial charge on any atom is -0.394 e. The Balaban J connectivity index is 1.90. The van der Waals surface area contributed by atoms with Gasteiger partial charge in [-0.3, -0.25) is 0 Å². The number of fused-ring (bicyclic) bond motifs is 1. The molecule has 2 N–H and O–H groups in total. The lowest BCUT2D eigenvalue weighted by Crippen LogP contribution is -2.70. The van der Waals surface area contributed by atoms with Crippen molar-refractivity contribution in [3.05, 3.63) is 0 Å². The van der Waals surface area contributed by atoms with Gasteiger partial charge in [-0.1, -0.05) is 0 Å². The summed E-state index contributed by atoms with van der Waals surface area (Å²) < 4.78 is 24.1. The van der Waals surface area contributed by atoms with Gasteiger partial charge in [-0.2, -0.15) is 0 Å². The van der Waals surface area contributed by atoms with Gasteiger partial charge in [0.1, 0.15) is 12.2 Å². The predicted molar refractivity (Wildman–Crippen MR) is 69.0 cm³/mol. The summed E-state index contributed by atoms with van der Waals surface area (Å²) in [6.07, 6.45) is 4.20. The first-order chi connectivity index (χ1) is 9.75. The third kappa shape index (κ3) is 2.28. The second kappa shape index (κ2) is 5.87. The normalized spacial score (nSPS) is 45.9. The van der Waals surface area contributed by atoms with E-state index in [1.807, 2.05) is 0 Å². The van der Waals surface area contributed by atoms with Gasteiger partial charge in [-0.15, -0.1) is 0 Å². The van der Waals surface area contributed by atoms with E-state index in [9.17, 15) is 10.2 Å². The smallest absolute Gasteiger partial charge is 0.224 e. The lowest BCUT2D eigenvalue weighted by Gasteiger charge is -2.57. The summed E-state index contributed by atoms with van der Waals surface area (Å²) in [6, 6.07) is 0. The summed E-state index contributed by atoms with van der Waals surface area (Å²) >= 11 is 0. The number of hydrogen-bond acceptors (Lipinski definition) is 6. The fraction of sp³-hybridized carbons (Fsp3) is 1.00. The maximum atomic E-state index is 9.48. The lowest BCUT2D eigenvalue weighted by molar-refractivity contribution is -0.483. The van der Waals surface area contributed by atoms with Crippen LogP contribution in [0.5, 0.6) is 0 Å². The minimum absolute atomic E-state index is 0.202. The molecule has 6 nitrogen and oxygen atoms in total. The molecular weight excluding hydrogens is 264 g/mol. The summed E-state index contributed by atoms with van der Waals surface area (Å²) in [6.45, 7) is 0.811. The molecule has 0 aromatic heterocycles. The van der Waals surface area contributed by atoms with Crippen molar-refractivity contribution >= 4 is 0 Å². The number of aliphatic hydroxyl groups excluding tert-OH is 2. The number of hydrogen-bond donors (Lipinski definition) is 2. The third-order valence-corrected chi connectivity index (χ3v) is 4.51. The molecule has 2 spiro atoms. The van der Waals surface area contributed by atoms with E-state index in [1.165, 1.54) is 0 Å². The number of aliphatic hydroxyl groups is 2. The molecule has 0 radical (unpaired) electrons. The largest absolute Gasteiger partial charge is 0.394 e. The highest BCUT2D eigenvalue weighted by Crippen LogP contribution is 2.49. The van der Waals surface area contributed by atoms with Gasteiger partial charge in [0.25, 0.3) is 0 Å². The van der Waals surface area contributed by atoms with Gasteiger partial charge in [-0.25, -0.2) is 0 Å². The van der Waals surface area contributed by atoms with Gasteiger partial charge in [0.15, 0.2) is 0 Å². The molecule has 6 heteroatoms. The molecular formula is C14H24O6. The molecule has 0 saturated carbocycles. The van der Waals surface area contributed by atoms with Crippen molar-refractivity contribution in [1.82, 2.24) is 0 Å². The van der Waals surface area contributed by atoms with Gasteiger partial charge in [0, 0.05) is 12.8 Å². The van der Waals surface area contributed by atoms with Crippen molar-refractivity contribution in [1.29, 1.82) is 0 Å². The SMILES string of the molecule is OCC1OC2(CCCCO2)[C@@]2(CCCCO2)O[C@H]1CO. The topological polar surface area (TPSA) is 77.4 Å². The first kappa shape index (κ1) is 14.7.